The highest BCUT2D eigenvalue weighted by atomic mass is 16.6. The van der Waals surface area contributed by atoms with Gasteiger partial charge in [0.2, 0.25) is 0 Å². The number of aliphatic hydroxyl groups is 1. The van der Waals surface area contributed by atoms with Crippen molar-refractivity contribution in [1.29, 1.82) is 0 Å². The Morgan fingerprint density at radius 2 is 2.05 bits per heavy atom. The molecule has 22 heavy (non-hydrogen) atoms. The van der Waals surface area contributed by atoms with Gasteiger partial charge in [-0.15, -0.1) is 0 Å². The van der Waals surface area contributed by atoms with Gasteiger partial charge in [0, 0.05) is 18.7 Å². The number of nitro groups is 1. The number of aliphatic hydroxyl groups excluding tert-OH is 1. The monoisotopic (exact) mass is 308 g/mol. The fourth-order valence-corrected chi connectivity index (χ4v) is 2.97. The summed E-state index contributed by atoms with van der Waals surface area (Å²) >= 11 is 0. The van der Waals surface area contributed by atoms with Crippen molar-refractivity contribution in [2.45, 2.75) is 44.2 Å². The normalized spacial score (nSPS) is 17.4. The molecule has 0 amide bonds. The minimum Gasteiger partial charge on any atom is -0.484 e. The zero-order chi connectivity index (χ0) is 15.9. The summed E-state index contributed by atoms with van der Waals surface area (Å²) in [6.45, 7) is 0.577. The molecular formula is C16H24N2O4. The van der Waals surface area contributed by atoms with Crippen LogP contribution in [0.25, 0.3) is 0 Å². The molecule has 1 aromatic carbocycles. The lowest BCUT2D eigenvalue weighted by molar-refractivity contribution is -0.385. The molecular weight excluding hydrogens is 284 g/mol. The summed E-state index contributed by atoms with van der Waals surface area (Å²) in [5, 5.41) is 21.0. The van der Waals surface area contributed by atoms with Crippen LogP contribution in [0.15, 0.2) is 24.3 Å². The molecule has 6 nitrogen and oxygen atoms in total. The summed E-state index contributed by atoms with van der Waals surface area (Å²) in [6.07, 6.45) is 5.48. The third kappa shape index (κ3) is 4.68. The van der Waals surface area contributed by atoms with E-state index in [0.29, 0.717) is 12.6 Å². The summed E-state index contributed by atoms with van der Waals surface area (Å²) in [4.78, 5) is 12.6. The van der Waals surface area contributed by atoms with E-state index in [4.69, 9.17) is 4.74 Å². The van der Waals surface area contributed by atoms with Gasteiger partial charge in [-0.1, -0.05) is 31.4 Å². The van der Waals surface area contributed by atoms with E-state index in [0.717, 1.165) is 0 Å². The Kier molecular flexibility index (Phi) is 6.15. The number of nitro benzene ring substituents is 1. The maximum Gasteiger partial charge on any atom is 0.310 e. The van der Waals surface area contributed by atoms with Gasteiger partial charge in [-0.05, 0) is 26.0 Å². The predicted octanol–water partition coefficient (Wildman–Crippen LogP) is 2.60. The van der Waals surface area contributed by atoms with Crippen molar-refractivity contribution in [3.05, 3.63) is 34.4 Å². The Morgan fingerprint density at radius 1 is 1.36 bits per heavy atom. The zero-order valence-corrected chi connectivity index (χ0v) is 13.0. The molecule has 1 aliphatic rings. The third-order valence-corrected chi connectivity index (χ3v) is 4.19. The van der Waals surface area contributed by atoms with Crippen LogP contribution in [0.4, 0.5) is 5.69 Å². The summed E-state index contributed by atoms with van der Waals surface area (Å²) in [5.41, 5.74) is -0.0738. The van der Waals surface area contributed by atoms with Gasteiger partial charge in [0.25, 0.3) is 0 Å². The number of ether oxygens (including phenoxy) is 1. The number of likely N-dealkylation sites (N-methyl/N-ethyl adjacent to an activating group) is 1. The predicted molar refractivity (Wildman–Crippen MR) is 84.1 cm³/mol. The molecule has 1 unspecified atom stereocenters. The second-order valence-electron chi connectivity index (χ2n) is 5.92. The first-order valence-electron chi connectivity index (χ1n) is 7.82. The van der Waals surface area contributed by atoms with Crippen molar-refractivity contribution in [3.8, 4) is 5.75 Å². The molecule has 122 valence electrons. The Balaban J connectivity index is 1.82. The van der Waals surface area contributed by atoms with Crippen LogP contribution in [0.5, 0.6) is 5.75 Å². The molecule has 1 aliphatic carbocycles. The SMILES string of the molecule is CN(CC(O)COc1ccccc1[N+](=O)[O-])C1CCCCC1. The Labute approximate surface area is 130 Å². The molecule has 2 rings (SSSR count). The average Bonchev–Trinajstić information content (AvgIpc) is 2.54. The van der Waals surface area contributed by atoms with E-state index >= 15 is 0 Å². The van der Waals surface area contributed by atoms with Crippen molar-refractivity contribution in [2.24, 2.45) is 0 Å². The Morgan fingerprint density at radius 3 is 2.73 bits per heavy atom. The smallest absolute Gasteiger partial charge is 0.310 e. The van der Waals surface area contributed by atoms with E-state index < -0.39 is 11.0 Å². The largest absolute Gasteiger partial charge is 0.484 e. The number of benzene rings is 1. The van der Waals surface area contributed by atoms with Crippen molar-refractivity contribution in [3.63, 3.8) is 0 Å². The van der Waals surface area contributed by atoms with Gasteiger partial charge >= 0.3 is 5.69 Å². The Bertz CT molecular complexity index is 489. The zero-order valence-electron chi connectivity index (χ0n) is 13.0. The highest BCUT2D eigenvalue weighted by Gasteiger charge is 2.21. The number of nitrogens with zero attached hydrogens (tertiary/aromatic N) is 2. The third-order valence-electron chi connectivity index (χ3n) is 4.19. The van der Waals surface area contributed by atoms with Crippen LogP contribution in [0.3, 0.4) is 0 Å². The van der Waals surface area contributed by atoms with Gasteiger partial charge in [0.1, 0.15) is 12.7 Å². The number of para-hydroxylation sites is 2. The van der Waals surface area contributed by atoms with E-state index in [2.05, 4.69) is 4.90 Å². The molecule has 0 aliphatic heterocycles. The van der Waals surface area contributed by atoms with Crippen molar-refractivity contribution < 1.29 is 14.8 Å². The molecule has 0 radical (unpaired) electrons. The molecule has 1 atom stereocenters. The fourth-order valence-electron chi connectivity index (χ4n) is 2.97. The van der Waals surface area contributed by atoms with Gasteiger partial charge in [-0.25, -0.2) is 0 Å². The molecule has 0 heterocycles. The van der Waals surface area contributed by atoms with Crippen molar-refractivity contribution in [2.75, 3.05) is 20.2 Å². The summed E-state index contributed by atoms with van der Waals surface area (Å²) < 4.78 is 5.43. The lowest BCUT2D eigenvalue weighted by Crippen LogP contribution is -2.40. The van der Waals surface area contributed by atoms with Crippen molar-refractivity contribution in [1.82, 2.24) is 4.90 Å². The molecule has 1 saturated carbocycles. The standard InChI is InChI=1S/C16H24N2O4/c1-17(13-7-3-2-4-8-13)11-14(19)12-22-16-10-6-5-9-15(16)18(20)21/h5-6,9-10,13-14,19H,2-4,7-8,11-12H2,1H3. The molecule has 0 spiro atoms. The second kappa shape index (κ2) is 8.10. The lowest BCUT2D eigenvalue weighted by atomic mass is 9.94. The highest BCUT2D eigenvalue weighted by Crippen LogP contribution is 2.26. The average molecular weight is 308 g/mol. The summed E-state index contributed by atoms with van der Waals surface area (Å²) in [6, 6.07) is 6.75. The highest BCUT2D eigenvalue weighted by molar-refractivity contribution is 5.45. The molecule has 0 aromatic heterocycles. The van der Waals surface area contributed by atoms with Crippen molar-refractivity contribution >= 4 is 5.69 Å². The summed E-state index contributed by atoms with van der Waals surface area (Å²) in [5.74, 6) is 0.201. The van der Waals surface area contributed by atoms with E-state index in [-0.39, 0.29) is 18.0 Å². The minimum atomic E-state index is -0.660. The van der Waals surface area contributed by atoms with Crippen LogP contribution in [0.1, 0.15) is 32.1 Å². The quantitative estimate of drug-likeness (QED) is 0.619. The molecule has 1 aromatic rings. The lowest BCUT2D eigenvalue weighted by Gasteiger charge is -2.32. The maximum atomic E-state index is 10.9. The number of rotatable bonds is 7. The fraction of sp³-hybridized carbons (Fsp3) is 0.625. The van der Waals surface area contributed by atoms with Gasteiger partial charge in [-0.3, -0.25) is 10.1 Å². The van der Waals surface area contributed by atoms with Crippen LogP contribution in [-0.2, 0) is 0 Å². The topological polar surface area (TPSA) is 75.8 Å². The molecule has 1 fully saturated rings. The minimum absolute atomic E-state index is 0.0575. The first-order valence-corrected chi connectivity index (χ1v) is 7.82. The first kappa shape index (κ1) is 16.7. The van der Waals surface area contributed by atoms with E-state index in [1.54, 1.807) is 18.2 Å². The van der Waals surface area contributed by atoms with E-state index in [1.807, 2.05) is 7.05 Å². The van der Waals surface area contributed by atoms with Gasteiger partial charge in [0.05, 0.1) is 4.92 Å². The maximum absolute atomic E-state index is 10.9. The van der Waals surface area contributed by atoms with Crippen LogP contribution in [0.2, 0.25) is 0 Å². The van der Waals surface area contributed by atoms with Crippen LogP contribution < -0.4 is 4.74 Å². The van der Waals surface area contributed by atoms with E-state index in [9.17, 15) is 15.2 Å². The molecule has 0 saturated heterocycles. The van der Waals surface area contributed by atoms with Gasteiger partial charge in [-0.2, -0.15) is 0 Å². The molecule has 1 N–H and O–H groups in total. The van der Waals surface area contributed by atoms with Crippen LogP contribution in [0, 0.1) is 10.1 Å². The van der Waals surface area contributed by atoms with Gasteiger partial charge in [0.15, 0.2) is 5.75 Å². The first-order chi connectivity index (χ1) is 10.6. The molecule has 0 bridgehead atoms. The number of hydrogen-bond acceptors (Lipinski definition) is 5. The van der Waals surface area contributed by atoms with Gasteiger partial charge < -0.3 is 14.7 Å². The van der Waals surface area contributed by atoms with E-state index in [1.165, 1.54) is 38.2 Å². The number of hydrogen-bond donors (Lipinski definition) is 1. The van der Waals surface area contributed by atoms with Crippen LogP contribution in [-0.4, -0.2) is 47.3 Å². The second-order valence-corrected chi connectivity index (χ2v) is 5.92. The molecule has 6 heteroatoms. The Hall–Kier alpha value is -1.66. The van der Waals surface area contributed by atoms with Crippen LogP contribution >= 0.6 is 0 Å². The summed E-state index contributed by atoms with van der Waals surface area (Å²) in [7, 11) is 2.02.